The highest BCUT2D eigenvalue weighted by atomic mass is 127. The van der Waals surface area contributed by atoms with E-state index >= 15 is 0 Å². The van der Waals surface area contributed by atoms with Crippen molar-refractivity contribution < 1.29 is 17.9 Å². The lowest BCUT2D eigenvalue weighted by Crippen LogP contribution is -2.05. The molecule has 3 N–H and O–H groups in total. The molecule has 0 fully saturated rings. The Hall–Kier alpha value is -2.08. The molecule has 0 aliphatic heterocycles. The van der Waals surface area contributed by atoms with E-state index in [-0.39, 0.29) is 16.8 Å². The molecule has 3 aromatic rings. The fourth-order valence-corrected chi connectivity index (χ4v) is 3.06. The van der Waals surface area contributed by atoms with Crippen LogP contribution in [0.25, 0.3) is 0 Å². The van der Waals surface area contributed by atoms with Gasteiger partial charge < -0.3 is 15.8 Å². The first-order chi connectivity index (χ1) is 11.8. The van der Waals surface area contributed by atoms with Gasteiger partial charge in [0.1, 0.15) is 17.3 Å². The van der Waals surface area contributed by atoms with Gasteiger partial charge in [0.2, 0.25) is 5.88 Å². The number of ether oxygens (including phenoxy) is 1. The molecule has 0 atom stereocenters. The van der Waals surface area contributed by atoms with Gasteiger partial charge in [-0.25, -0.2) is 4.98 Å². The van der Waals surface area contributed by atoms with Crippen LogP contribution < -0.4 is 15.8 Å². The summed E-state index contributed by atoms with van der Waals surface area (Å²) in [6.07, 6.45) is -4.49. The molecule has 5 nitrogen and oxygen atoms in total. The van der Waals surface area contributed by atoms with Crippen molar-refractivity contribution in [2.45, 2.75) is 6.18 Å². The van der Waals surface area contributed by atoms with Crippen molar-refractivity contribution >= 4 is 50.6 Å². The van der Waals surface area contributed by atoms with Crippen molar-refractivity contribution in [2.24, 2.45) is 0 Å². The topological polar surface area (TPSA) is 73.1 Å². The highest BCUT2D eigenvalue weighted by molar-refractivity contribution is 14.1. The Labute approximate surface area is 158 Å². The molecule has 2 heterocycles. The highest BCUT2D eigenvalue weighted by Gasteiger charge is 2.33. The Morgan fingerprint density at radius 2 is 1.88 bits per heavy atom. The summed E-state index contributed by atoms with van der Waals surface area (Å²) in [6.45, 7) is 0. The molecular formula is C15H10F3IN4OS. The number of nitrogens with zero attached hydrogens (tertiary/aromatic N) is 2. The van der Waals surface area contributed by atoms with Crippen molar-refractivity contribution in [1.29, 1.82) is 0 Å². The monoisotopic (exact) mass is 478 g/mol. The van der Waals surface area contributed by atoms with E-state index in [0.717, 1.165) is 20.3 Å². The molecule has 0 spiro atoms. The summed E-state index contributed by atoms with van der Waals surface area (Å²) < 4.78 is 44.6. The lowest BCUT2D eigenvalue weighted by Gasteiger charge is -2.12. The first kappa shape index (κ1) is 17.7. The van der Waals surface area contributed by atoms with E-state index in [0.29, 0.717) is 11.4 Å². The number of aromatic nitrogens is 2. The second kappa shape index (κ2) is 7.04. The van der Waals surface area contributed by atoms with Crippen LogP contribution in [0.15, 0.2) is 41.8 Å². The van der Waals surface area contributed by atoms with Crippen molar-refractivity contribution in [2.75, 3.05) is 11.1 Å². The van der Waals surface area contributed by atoms with E-state index in [2.05, 4.69) is 37.9 Å². The summed E-state index contributed by atoms with van der Waals surface area (Å²) in [4.78, 5) is 7.64. The third-order valence-electron chi connectivity index (χ3n) is 2.96. The molecule has 0 bridgehead atoms. The van der Waals surface area contributed by atoms with E-state index in [9.17, 15) is 13.2 Å². The van der Waals surface area contributed by atoms with Gasteiger partial charge in [0.25, 0.3) is 0 Å². The second-order valence-electron chi connectivity index (χ2n) is 4.78. The number of para-hydroxylation sites is 1. The lowest BCUT2D eigenvalue weighted by molar-refractivity contribution is -0.140. The minimum atomic E-state index is -4.49. The van der Waals surface area contributed by atoms with Gasteiger partial charge >= 0.3 is 6.18 Å². The fourth-order valence-electron chi connectivity index (χ4n) is 1.84. The molecule has 0 saturated carbocycles. The van der Waals surface area contributed by atoms with E-state index in [1.165, 1.54) is 6.07 Å². The fraction of sp³-hybridized carbons (Fsp3) is 0.0667. The van der Waals surface area contributed by atoms with Gasteiger partial charge in [-0.15, -0.1) is 11.3 Å². The summed E-state index contributed by atoms with van der Waals surface area (Å²) in [7, 11) is 0. The summed E-state index contributed by atoms with van der Waals surface area (Å²) in [6, 6.07) is 10.3. The Bertz CT molecular complexity index is 900. The maximum Gasteiger partial charge on any atom is 0.434 e. The third kappa shape index (κ3) is 4.31. The maximum absolute atomic E-state index is 12.7. The predicted molar refractivity (Wildman–Crippen MR) is 98.3 cm³/mol. The predicted octanol–water partition coefficient (Wildman–Crippen LogP) is 5.28. The smallest absolute Gasteiger partial charge is 0.434 e. The minimum Gasteiger partial charge on any atom is -0.436 e. The van der Waals surface area contributed by atoms with E-state index in [1.54, 1.807) is 18.2 Å². The molecule has 0 amide bonds. The zero-order valence-electron chi connectivity index (χ0n) is 12.3. The van der Waals surface area contributed by atoms with Crippen LogP contribution in [-0.4, -0.2) is 9.97 Å². The molecule has 0 unspecified atom stereocenters. The number of nitrogen functional groups attached to an aromatic ring is 1. The number of halogens is 4. The molecule has 25 heavy (non-hydrogen) atoms. The van der Waals surface area contributed by atoms with Crippen LogP contribution in [0.3, 0.4) is 0 Å². The molecule has 10 heteroatoms. The molecule has 3 rings (SSSR count). The van der Waals surface area contributed by atoms with Crippen LogP contribution >= 0.6 is 33.9 Å². The van der Waals surface area contributed by atoms with Gasteiger partial charge in [-0.2, -0.15) is 18.2 Å². The van der Waals surface area contributed by atoms with Gasteiger partial charge in [-0.1, -0.05) is 12.1 Å². The van der Waals surface area contributed by atoms with Crippen LogP contribution in [0.2, 0.25) is 0 Å². The van der Waals surface area contributed by atoms with E-state index < -0.39 is 11.9 Å². The Kier molecular flexibility index (Phi) is 4.99. The zero-order chi connectivity index (χ0) is 18.0. The Morgan fingerprint density at radius 1 is 1.12 bits per heavy atom. The summed E-state index contributed by atoms with van der Waals surface area (Å²) in [5, 5.41) is 3.81. The SMILES string of the molecule is Nc1ccc(Nc2nc(C(F)(F)F)cs2)c(Oc2ccccc2I)n1. The van der Waals surface area contributed by atoms with Gasteiger partial charge in [0.05, 0.1) is 3.57 Å². The van der Waals surface area contributed by atoms with Crippen LogP contribution in [0.5, 0.6) is 11.6 Å². The average molecular weight is 478 g/mol. The first-order valence-electron chi connectivity index (χ1n) is 6.81. The Morgan fingerprint density at radius 3 is 2.56 bits per heavy atom. The van der Waals surface area contributed by atoms with Gasteiger partial charge in [-0.3, -0.25) is 0 Å². The molecule has 0 saturated heterocycles. The van der Waals surface area contributed by atoms with E-state index in [1.807, 2.05) is 12.1 Å². The van der Waals surface area contributed by atoms with Gasteiger partial charge in [-0.05, 0) is 46.9 Å². The van der Waals surface area contributed by atoms with Crippen molar-refractivity contribution in [3.8, 4) is 11.6 Å². The Balaban J connectivity index is 1.89. The van der Waals surface area contributed by atoms with Crippen LogP contribution in [-0.2, 0) is 6.18 Å². The van der Waals surface area contributed by atoms with Crippen LogP contribution in [0, 0.1) is 3.57 Å². The number of hydrogen-bond acceptors (Lipinski definition) is 6. The summed E-state index contributed by atoms with van der Waals surface area (Å²) in [5.74, 6) is 0.925. The normalized spacial score (nSPS) is 11.4. The van der Waals surface area contributed by atoms with Crippen molar-refractivity contribution in [3.05, 3.63) is 51.0 Å². The molecule has 0 aliphatic rings. The zero-order valence-corrected chi connectivity index (χ0v) is 15.3. The summed E-state index contributed by atoms with van der Waals surface area (Å²) >= 11 is 2.94. The number of nitrogens with two attached hydrogens (primary N) is 1. The van der Waals surface area contributed by atoms with Crippen LogP contribution in [0.1, 0.15) is 5.69 Å². The van der Waals surface area contributed by atoms with Crippen LogP contribution in [0.4, 0.5) is 29.8 Å². The molecule has 0 aliphatic carbocycles. The lowest BCUT2D eigenvalue weighted by atomic mass is 10.3. The number of nitrogens with one attached hydrogen (secondary N) is 1. The molecule has 130 valence electrons. The minimum absolute atomic E-state index is 0.0755. The summed E-state index contributed by atoms with van der Waals surface area (Å²) in [5.41, 5.74) is 5.09. The number of benzene rings is 1. The first-order valence-corrected chi connectivity index (χ1v) is 8.77. The largest absolute Gasteiger partial charge is 0.436 e. The average Bonchev–Trinajstić information content (AvgIpc) is 3.01. The second-order valence-corrected chi connectivity index (χ2v) is 6.80. The number of rotatable bonds is 4. The number of hydrogen-bond donors (Lipinski definition) is 2. The van der Waals surface area contributed by atoms with E-state index in [4.69, 9.17) is 10.5 Å². The standard InChI is InChI=1S/C15H10F3IN4OS/c16-15(17,18)11-7-25-14(22-11)21-9-5-6-12(20)23-13(9)24-10-4-2-1-3-8(10)19/h1-7H,(H2,20,23)(H,21,22). The molecule has 1 aromatic carbocycles. The van der Waals surface area contributed by atoms with Crippen molar-refractivity contribution in [3.63, 3.8) is 0 Å². The number of thiazole rings is 1. The van der Waals surface area contributed by atoms with Gasteiger partial charge in [0.15, 0.2) is 10.8 Å². The highest BCUT2D eigenvalue weighted by Crippen LogP contribution is 2.36. The molecular weight excluding hydrogens is 468 g/mol. The van der Waals surface area contributed by atoms with Gasteiger partial charge in [0, 0.05) is 5.38 Å². The maximum atomic E-state index is 12.7. The number of alkyl halides is 3. The number of anilines is 3. The molecule has 2 aromatic heterocycles. The quantitative estimate of drug-likeness (QED) is 0.500. The third-order valence-corrected chi connectivity index (χ3v) is 4.61. The van der Waals surface area contributed by atoms with Crippen molar-refractivity contribution in [1.82, 2.24) is 9.97 Å². The number of pyridine rings is 1. The molecule has 0 radical (unpaired) electrons.